The largest absolute Gasteiger partial charge is 0.588 e. The molecule has 1 aromatic rings. The quantitative estimate of drug-likeness (QED) is 0.857. The van der Waals surface area contributed by atoms with E-state index in [0.29, 0.717) is 17.9 Å². The van der Waals surface area contributed by atoms with E-state index in [1.54, 1.807) is 12.1 Å². The fraction of sp³-hybridized carbons (Fsp3) is 0.385. The van der Waals surface area contributed by atoms with Crippen LogP contribution in [0, 0.1) is 0 Å². The number of rotatable bonds is 3. The number of carboxylic acid groups (broad SMARTS) is 1. The van der Waals surface area contributed by atoms with Crippen molar-refractivity contribution in [2.45, 2.75) is 30.6 Å². The van der Waals surface area contributed by atoms with Gasteiger partial charge in [-0.25, -0.2) is 4.79 Å². The van der Waals surface area contributed by atoms with Crippen molar-refractivity contribution < 1.29 is 19.2 Å². The van der Waals surface area contributed by atoms with Crippen LogP contribution in [0.25, 0.3) is 0 Å². The van der Waals surface area contributed by atoms with E-state index < -0.39 is 17.3 Å². The monoisotopic (exact) mass is 281 g/mol. The SMILES string of the molecule is O=C(O)c1cccc([S+]([O-])N2CCCCCC2=O)c1. The van der Waals surface area contributed by atoms with Crippen molar-refractivity contribution in [1.29, 1.82) is 0 Å². The zero-order valence-corrected chi connectivity index (χ0v) is 11.2. The number of carboxylic acids is 1. The Morgan fingerprint density at radius 2 is 2.11 bits per heavy atom. The molecule has 0 spiro atoms. The Hall–Kier alpha value is -1.53. The lowest BCUT2D eigenvalue weighted by atomic mass is 10.2. The highest BCUT2D eigenvalue weighted by molar-refractivity contribution is 7.89. The number of amides is 1. The summed E-state index contributed by atoms with van der Waals surface area (Å²) >= 11 is -1.62. The molecule has 1 heterocycles. The molecule has 19 heavy (non-hydrogen) atoms. The predicted molar refractivity (Wildman–Crippen MR) is 70.0 cm³/mol. The number of aromatic carboxylic acids is 1. The van der Waals surface area contributed by atoms with Gasteiger partial charge in [-0.3, -0.25) is 4.79 Å². The van der Waals surface area contributed by atoms with Gasteiger partial charge in [0.05, 0.1) is 12.1 Å². The van der Waals surface area contributed by atoms with Gasteiger partial charge in [0.2, 0.25) is 0 Å². The second-order valence-corrected chi connectivity index (χ2v) is 5.80. The minimum absolute atomic E-state index is 0.0770. The summed E-state index contributed by atoms with van der Waals surface area (Å²) in [6.07, 6.45) is 3.01. The van der Waals surface area contributed by atoms with Crippen LogP contribution in [0.2, 0.25) is 0 Å². The van der Waals surface area contributed by atoms with Crippen LogP contribution in [0.4, 0.5) is 0 Å². The van der Waals surface area contributed by atoms with Gasteiger partial charge < -0.3 is 9.66 Å². The first kappa shape index (κ1) is 13.9. The lowest BCUT2D eigenvalue weighted by Gasteiger charge is -2.22. The van der Waals surface area contributed by atoms with Crippen LogP contribution < -0.4 is 0 Å². The van der Waals surface area contributed by atoms with Crippen LogP contribution in [0.1, 0.15) is 36.0 Å². The van der Waals surface area contributed by atoms with E-state index in [0.717, 1.165) is 19.3 Å². The van der Waals surface area contributed by atoms with Crippen molar-refractivity contribution >= 4 is 23.2 Å². The Balaban J connectivity index is 2.22. The lowest BCUT2D eigenvalue weighted by Crippen LogP contribution is -2.36. The Kier molecular flexibility index (Phi) is 4.44. The Bertz CT molecular complexity index is 491. The van der Waals surface area contributed by atoms with Crippen LogP contribution in [-0.4, -0.2) is 32.4 Å². The van der Waals surface area contributed by atoms with Crippen molar-refractivity contribution in [3.8, 4) is 0 Å². The molecule has 102 valence electrons. The standard InChI is InChI=1S/C13H15NO4S/c15-12-7-2-1-3-8-14(12)19(18)11-6-4-5-10(9-11)13(16)17/h4-6,9H,1-3,7-8H2,(H,16,17). The number of nitrogens with zero attached hydrogens (tertiary/aromatic N) is 1. The van der Waals surface area contributed by atoms with Gasteiger partial charge in [0, 0.05) is 12.5 Å². The molecule has 1 aliphatic heterocycles. The minimum Gasteiger partial charge on any atom is -0.588 e. The van der Waals surface area contributed by atoms with Gasteiger partial charge in [-0.1, -0.05) is 12.5 Å². The Morgan fingerprint density at radius 1 is 1.32 bits per heavy atom. The average Bonchev–Trinajstić information content (AvgIpc) is 2.63. The van der Waals surface area contributed by atoms with Gasteiger partial charge >= 0.3 is 5.97 Å². The van der Waals surface area contributed by atoms with Gasteiger partial charge in [0.1, 0.15) is 11.4 Å². The van der Waals surface area contributed by atoms with E-state index >= 15 is 0 Å². The maximum absolute atomic E-state index is 12.4. The molecule has 5 nitrogen and oxygen atoms in total. The molecule has 1 amide bonds. The van der Waals surface area contributed by atoms with E-state index in [-0.39, 0.29) is 11.5 Å². The Labute approximate surface area is 114 Å². The number of benzene rings is 1. The summed E-state index contributed by atoms with van der Waals surface area (Å²) in [5, 5.41) is 8.92. The van der Waals surface area contributed by atoms with Crippen molar-refractivity contribution in [2.75, 3.05) is 6.54 Å². The highest BCUT2D eigenvalue weighted by atomic mass is 32.2. The number of hydrogen-bond donors (Lipinski definition) is 1. The molecular weight excluding hydrogens is 266 g/mol. The van der Waals surface area contributed by atoms with Gasteiger partial charge in [-0.05, 0) is 25.0 Å². The number of carbonyl (C=O) groups is 2. The third-order valence-corrected chi connectivity index (χ3v) is 4.46. The molecular formula is C13H15NO4S. The van der Waals surface area contributed by atoms with Crippen LogP contribution >= 0.6 is 0 Å². The second-order valence-electron chi connectivity index (χ2n) is 4.39. The molecule has 1 fully saturated rings. The van der Waals surface area contributed by atoms with E-state index in [1.807, 2.05) is 0 Å². The second kappa shape index (κ2) is 6.08. The van der Waals surface area contributed by atoms with Gasteiger partial charge in [-0.15, -0.1) is 0 Å². The highest BCUT2D eigenvalue weighted by Gasteiger charge is 2.29. The summed E-state index contributed by atoms with van der Waals surface area (Å²) in [5.41, 5.74) is 0.0770. The van der Waals surface area contributed by atoms with Crippen molar-refractivity contribution in [1.82, 2.24) is 4.31 Å². The first-order valence-corrected chi connectivity index (χ1v) is 7.26. The fourth-order valence-corrected chi connectivity index (χ4v) is 3.25. The molecule has 1 saturated heterocycles. The lowest BCUT2D eigenvalue weighted by molar-refractivity contribution is -0.126. The fourth-order valence-electron chi connectivity index (χ4n) is 2.00. The molecule has 1 N–H and O–H groups in total. The number of carbonyl (C=O) groups excluding carboxylic acids is 1. The molecule has 2 rings (SSSR count). The zero-order chi connectivity index (χ0) is 13.8. The predicted octanol–water partition coefficient (Wildman–Crippen LogP) is 1.81. The summed E-state index contributed by atoms with van der Waals surface area (Å²) in [5.74, 6) is -1.20. The van der Waals surface area contributed by atoms with E-state index in [4.69, 9.17) is 5.11 Å². The van der Waals surface area contributed by atoms with Crippen LogP contribution in [0.3, 0.4) is 0 Å². The van der Waals surface area contributed by atoms with E-state index in [1.165, 1.54) is 16.4 Å². The first-order valence-electron chi connectivity index (χ1n) is 6.15. The minimum atomic E-state index is -1.62. The topological polar surface area (TPSA) is 80.7 Å². The first-order chi connectivity index (χ1) is 9.09. The maximum atomic E-state index is 12.4. The molecule has 0 bridgehead atoms. The molecule has 6 heteroatoms. The molecule has 1 atom stereocenters. The summed E-state index contributed by atoms with van der Waals surface area (Å²) in [4.78, 5) is 23.1. The van der Waals surface area contributed by atoms with Gasteiger partial charge in [-0.2, -0.15) is 4.31 Å². The third-order valence-electron chi connectivity index (χ3n) is 3.01. The Morgan fingerprint density at radius 3 is 2.84 bits per heavy atom. The molecule has 0 aliphatic carbocycles. The van der Waals surface area contributed by atoms with E-state index in [2.05, 4.69) is 0 Å². The normalized spacial score (nSPS) is 17.9. The summed E-state index contributed by atoms with van der Waals surface area (Å²) in [6, 6.07) is 5.92. The molecule has 1 aromatic carbocycles. The van der Waals surface area contributed by atoms with Gasteiger partial charge in [0.25, 0.3) is 5.91 Å². The maximum Gasteiger partial charge on any atom is 0.335 e. The van der Waals surface area contributed by atoms with Crippen LogP contribution in [0.15, 0.2) is 29.2 Å². The third kappa shape index (κ3) is 3.27. The molecule has 1 unspecified atom stereocenters. The average molecular weight is 281 g/mol. The summed E-state index contributed by atoms with van der Waals surface area (Å²) in [7, 11) is 0. The van der Waals surface area contributed by atoms with Crippen LogP contribution in [0.5, 0.6) is 0 Å². The smallest absolute Gasteiger partial charge is 0.335 e. The summed E-state index contributed by atoms with van der Waals surface area (Å²) in [6.45, 7) is 0.461. The van der Waals surface area contributed by atoms with Crippen LogP contribution in [-0.2, 0) is 16.2 Å². The molecule has 0 saturated carbocycles. The van der Waals surface area contributed by atoms with Crippen molar-refractivity contribution in [3.05, 3.63) is 29.8 Å². The highest BCUT2D eigenvalue weighted by Crippen LogP contribution is 2.21. The number of hydrogen-bond acceptors (Lipinski definition) is 3. The van der Waals surface area contributed by atoms with Crippen molar-refractivity contribution in [3.63, 3.8) is 0 Å². The molecule has 1 aliphatic rings. The molecule has 0 radical (unpaired) electrons. The van der Waals surface area contributed by atoms with E-state index in [9.17, 15) is 14.1 Å². The van der Waals surface area contributed by atoms with Gasteiger partial charge in [0.15, 0.2) is 4.90 Å². The zero-order valence-electron chi connectivity index (χ0n) is 10.4. The van der Waals surface area contributed by atoms with Crippen molar-refractivity contribution in [2.24, 2.45) is 0 Å². The summed E-state index contributed by atoms with van der Waals surface area (Å²) < 4.78 is 13.7. The molecule has 0 aromatic heterocycles.